The number of benzene rings is 1. The maximum absolute atomic E-state index is 12.1. The van der Waals surface area contributed by atoms with Crippen LogP contribution in [0.1, 0.15) is 10.4 Å². The molecule has 1 rings (SSSR count). The second kappa shape index (κ2) is 6.73. The SMILES string of the molecule is NNC(=O)c1c(OCC(F)(F)F)cccc1OCC(F)(F)F. The Bertz CT molecular complexity index is 493. The molecule has 0 saturated heterocycles. The average molecular weight is 332 g/mol. The zero-order chi connectivity index (χ0) is 17.0. The summed E-state index contributed by atoms with van der Waals surface area (Å²) in [6, 6.07) is 3.01. The maximum Gasteiger partial charge on any atom is 0.422 e. The van der Waals surface area contributed by atoms with Crippen molar-refractivity contribution < 1.29 is 40.6 Å². The Hall–Kier alpha value is -2.17. The number of nitrogens with two attached hydrogens (primary N) is 1. The van der Waals surface area contributed by atoms with E-state index < -0.39 is 48.5 Å². The minimum atomic E-state index is -4.70. The second-order valence-electron chi connectivity index (χ2n) is 3.91. The van der Waals surface area contributed by atoms with Gasteiger partial charge in [0.15, 0.2) is 13.2 Å². The molecule has 0 spiro atoms. The fourth-order valence-corrected chi connectivity index (χ4v) is 1.37. The smallest absolute Gasteiger partial charge is 0.422 e. The minimum Gasteiger partial charge on any atom is -0.483 e. The van der Waals surface area contributed by atoms with Crippen LogP contribution in [0, 0.1) is 0 Å². The summed E-state index contributed by atoms with van der Waals surface area (Å²) in [5, 5.41) is 0. The molecular weight excluding hydrogens is 322 g/mol. The molecule has 3 N–H and O–H groups in total. The van der Waals surface area contributed by atoms with Gasteiger partial charge in [-0.1, -0.05) is 6.07 Å². The van der Waals surface area contributed by atoms with Crippen molar-refractivity contribution in [1.29, 1.82) is 0 Å². The molecule has 1 aromatic rings. The van der Waals surface area contributed by atoms with E-state index in [9.17, 15) is 31.1 Å². The van der Waals surface area contributed by atoms with E-state index in [2.05, 4.69) is 9.47 Å². The van der Waals surface area contributed by atoms with Gasteiger partial charge in [-0.05, 0) is 12.1 Å². The molecule has 0 aromatic heterocycles. The molecule has 22 heavy (non-hydrogen) atoms. The molecule has 0 bridgehead atoms. The van der Waals surface area contributed by atoms with Gasteiger partial charge in [-0.15, -0.1) is 0 Å². The number of nitrogen functional groups attached to an aromatic ring is 1. The van der Waals surface area contributed by atoms with E-state index in [1.807, 2.05) is 0 Å². The van der Waals surface area contributed by atoms with Crippen molar-refractivity contribution in [2.24, 2.45) is 5.84 Å². The molecule has 0 unspecified atom stereocenters. The first-order chi connectivity index (χ1) is 10.0. The van der Waals surface area contributed by atoms with E-state index in [4.69, 9.17) is 5.84 Å². The minimum absolute atomic E-state index is 0.611. The molecule has 1 aromatic carbocycles. The number of hydrogen-bond acceptors (Lipinski definition) is 4. The summed E-state index contributed by atoms with van der Waals surface area (Å²) in [4.78, 5) is 11.5. The van der Waals surface area contributed by atoms with Crippen LogP contribution in [0.15, 0.2) is 18.2 Å². The van der Waals surface area contributed by atoms with E-state index in [0.717, 1.165) is 18.2 Å². The van der Waals surface area contributed by atoms with Crippen molar-refractivity contribution in [2.45, 2.75) is 12.4 Å². The van der Waals surface area contributed by atoms with Crippen LogP contribution >= 0.6 is 0 Å². The van der Waals surface area contributed by atoms with Crippen LogP contribution in [0.4, 0.5) is 26.3 Å². The first kappa shape index (κ1) is 17.9. The summed E-state index contributed by atoms with van der Waals surface area (Å²) < 4.78 is 81.6. The number of nitrogens with one attached hydrogen (secondary N) is 1. The molecule has 0 aliphatic carbocycles. The van der Waals surface area contributed by atoms with Gasteiger partial charge in [0.2, 0.25) is 0 Å². The molecule has 0 heterocycles. The van der Waals surface area contributed by atoms with Crippen molar-refractivity contribution in [2.75, 3.05) is 13.2 Å². The topological polar surface area (TPSA) is 73.6 Å². The fourth-order valence-electron chi connectivity index (χ4n) is 1.37. The summed E-state index contributed by atoms with van der Waals surface area (Å²) >= 11 is 0. The highest BCUT2D eigenvalue weighted by atomic mass is 19.4. The molecule has 0 aliphatic heterocycles. The van der Waals surface area contributed by atoms with Gasteiger partial charge in [0.05, 0.1) is 0 Å². The lowest BCUT2D eigenvalue weighted by molar-refractivity contribution is -0.154. The molecule has 0 aliphatic rings. The van der Waals surface area contributed by atoms with Crippen LogP contribution in [-0.4, -0.2) is 31.5 Å². The summed E-state index contributed by atoms with van der Waals surface area (Å²) in [6.07, 6.45) is -9.39. The number of carbonyl (C=O) groups excluding carboxylic acids is 1. The predicted molar refractivity (Wildman–Crippen MR) is 61.2 cm³/mol. The number of halogens is 6. The van der Waals surface area contributed by atoms with Crippen molar-refractivity contribution in [3.63, 3.8) is 0 Å². The molecule has 0 radical (unpaired) electrons. The van der Waals surface area contributed by atoms with Crippen molar-refractivity contribution in [3.8, 4) is 11.5 Å². The quantitative estimate of drug-likeness (QED) is 0.375. The van der Waals surface area contributed by atoms with Crippen LogP contribution in [0.3, 0.4) is 0 Å². The molecule has 5 nitrogen and oxygen atoms in total. The van der Waals surface area contributed by atoms with Crippen LogP contribution in [0.2, 0.25) is 0 Å². The van der Waals surface area contributed by atoms with Gasteiger partial charge in [0, 0.05) is 0 Å². The van der Waals surface area contributed by atoms with Gasteiger partial charge >= 0.3 is 12.4 Å². The van der Waals surface area contributed by atoms with Gasteiger partial charge < -0.3 is 9.47 Å². The Labute approximate surface area is 119 Å². The predicted octanol–water partition coefficient (Wildman–Crippen LogP) is 2.17. The Kier molecular flexibility index (Phi) is 5.47. The van der Waals surface area contributed by atoms with E-state index >= 15 is 0 Å². The number of rotatable bonds is 5. The van der Waals surface area contributed by atoms with Gasteiger partial charge in [-0.2, -0.15) is 26.3 Å². The van der Waals surface area contributed by atoms with Crippen molar-refractivity contribution in [1.82, 2.24) is 5.43 Å². The number of amides is 1. The normalized spacial score (nSPS) is 12.0. The molecule has 0 atom stereocenters. The number of alkyl halides is 6. The zero-order valence-corrected chi connectivity index (χ0v) is 10.7. The largest absolute Gasteiger partial charge is 0.483 e. The number of carbonyl (C=O) groups is 1. The summed E-state index contributed by atoms with van der Waals surface area (Å²) in [5.74, 6) is 2.47. The molecule has 1 amide bonds. The molecular formula is C11H10F6N2O3. The Morgan fingerprint density at radius 2 is 1.41 bits per heavy atom. The Balaban J connectivity index is 3.08. The first-order valence-corrected chi connectivity index (χ1v) is 5.56. The summed E-state index contributed by atoms with van der Waals surface area (Å²) in [7, 11) is 0. The zero-order valence-electron chi connectivity index (χ0n) is 10.7. The third-order valence-electron chi connectivity index (χ3n) is 2.13. The fraction of sp³-hybridized carbons (Fsp3) is 0.364. The lowest BCUT2D eigenvalue weighted by atomic mass is 10.1. The third-order valence-corrected chi connectivity index (χ3v) is 2.13. The number of hydrogen-bond donors (Lipinski definition) is 2. The highest BCUT2D eigenvalue weighted by Crippen LogP contribution is 2.31. The lowest BCUT2D eigenvalue weighted by Crippen LogP contribution is -2.31. The van der Waals surface area contributed by atoms with Gasteiger partial charge in [0.25, 0.3) is 5.91 Å². The van der Waals surface area contributed by atoms with Gasteiger partial charge in [-0.25, -0.2) is 5.84 Å². The number of ether oxygens (including phenoxy) is 2. The molecule has 0 saturated carbocycles. The maximum atomic E-state index is 12.1. The van der Waals surface area contributed by atoms with E-state index in [-0.39, 0.29) is 0 Å². The van der Waals surface area contributed by atoms with Crippen LogP contribution in [0.5, 0.6) is 11.5 Å². The third kappa shape index (κ3) is 5.68. The lowest BCUT2D eigenvalue weighted by Gasteiger charge is -2.16. The Morgan fingerprint density at radius 1 is 1.00 bits per heavy atom. The average Bonchev–Trinajstić information content (AvgIpc) is 2.40. The van der Waals surface area contributed by atoms with E-state index in [1.54, 1.807) is 5.43 Å². The highest BCUT2D eigenvalue weighted by molar-refractivity contribution is 5.99. The van der Waals surface area contributed by atoms with E-state index in [0.29, 0.717) is 0 Å². The van der Waals surface area contributed by atoms with Crippen LogP contribution in [-0.2, 0) is 0 Å². The second-order valence-corrected chi connectivity index (χ2v) is 3.91. The van der Waals surface area contributed by atoms with Crippen molar-refractivity contribution >= 4 is 5.91 Å². The monoisotopic (exact) mass is 332 g/mol. The van der Waals surface area contributed by atoms with Crippen molar-refractivity contribution in [3.05, 3.63) is 23.8 Å². The Morgan fingerprint density at radius 3 is 1.73 bits per heavy atom. The van der Waals surface area contributed by atoms with Gasteiger partial charge in [0.1, 0.15) is 17.1 Å². The van der Waals surface area contributed by atoms with Crippen LogP contribution < -0.4 is 20.7 Å². The highest BCUT2D eigenvalue weighted by Gasteiger charge is 2.32. The van der Waals surface area contributed by atoms with E-state index in [1.165, 1.54) is 0 Å². The molecule has 0 fully saturated rings. The number of hydrazine groups is 1. The van der Waals surface area contributed by atoms with Gasteiger partial charge in [-0.3, -0.25) is 10.2 Å². The van der Waals surface area contributed by atoms with Crippen LogP contribution in [0.25, 0.3) is 0 Å². The summed E-state index contributed by atoms with van der Waals surface area (Å²) in [5.41, 5.74) is 0.927. The molecule has 11 heteroatoms. The first-order valence-electron chi connectivity index (χ1n) is 5.56. The summed E-state index contributed by atoms with van der Waals surface area (Å²) in [6.45, 7) is -3.47. The standard InChI is InChI=1S/C11H10F6N2O3/c12-10(13,14)4-21-6-2-1-3-7(8(6)9(20)19-18)22-5-11(15,16)17/h1-3H,4-5,18H2,(H,19,20). The molecule has 124 valence electrons.